The first-order valence-electron chi connectivity index (χ1n) is 6.53. The summed E-state index contributed by atoms with van der Waals surface area (Å²) in [6, 6.07) is 1.91. The molecular formula is C13H18Br2N2OS. The predicted octanol–water partition coefficient (Wildman–Crippen LogP) is 3.48. The highest BCUT2D eigenvalue weighted by Crippen LogP contribution is 2.32. The van der Waals surface area contributed by atoms with Gasteiger partial charge in [-0.3, -0.25) is 9.69 Å². The fraction of sp³-hybridized carbons (Fsp3) is 0.615. The minimum Gasteiger partial charge on any atom is -0.301 e. The number of hydrogen-bond donors (Lipinski definition) is 0. The minimum absolute atomic E-state index is 0.206. The molecular weight excluding hydrogens is 392 g/mol. The van der Waals surface area contributed by atoms with Gasteiger partial charge in [0, 0.05) is 31.7 Å². The highest BCUT2D eigenvalue weighted by Gasteiger charge is 2.21. The lowest BCUT2D eigenvalue weighted by molar-refractivity contribution is 0.0853. The molecule has 19 heavy (non-hydrogen) atoms. The average molecular weight is 410 g/mol. The normalized spacial score (nSPS) is 17.8. The first-order chi connectivity index (χ1) is 9.10. The van der Waals surface area contributed by atoms with Crippen LogP contribution in [-0.2, 0) is 0 Å². The Morgan fingerprint density at radius 3 is 2.42 bits per heavy atom. The maximum Gasteiger partial charge on any atom is 0.178 e. The maximum atomic E-state index is 12.3. The van der Waals surface area contributed by atoms with Crippen molar-refractivity contribution < 1.29 is 4.79 Å². The zero-order valence-electron chi connectivity index (χ0n) is 11.0. The highest BCUT2D eigenvalue weighted by atomic mass is 79.9. The molecule has 0 amide bonds. The van der Waals surface area contributed by atoms with Gasteiger partial charge in [-0.15, -0.1) is 11.3 Å². The van der Waals surface area contributed by atoms with Crippen LogP contribution < -0.4 is 0 Å². The van der Waals surface area contributed by atoms with E-state index in [4.69, 9.17) is 0 Å². The summed E-state index contributed by atoms with van der Waals surface area (Å²) >= 11 is 8.42. The summed E-state index contributed by atoms with van der Waals surface area (Å²) in [5.41, 5.74) is 0.799. The Bertz CT molecular complexity index is 442. The van der Waals surface area contributed by atoms with Gasteiger partial charge in [-0.1, -0.05) is 6.92 Å². The standard InChI is InChI=1S/C13H18Br2N2OS/c1-2-3-16-4-6-17(7-5-16)9-11(18)10-8-12(14)19-13(10)15/h8H,2-7,9H2,1H3. The van der Waals surface area contributed by atoms with Crippen LogP contribution in [0.2, 0.25) is 0 Å². The van der Waals surface area contributed by atoms with E-state index in [1.54, 1.807) is 11.3 Å². The van der Waals surface area contributed by atoms with Gasteiger partial charge >= 0.3 is 0 Å². The van der Waals surface area contributed by atoms with E-state index >= 15 is 0 Å². The molecule has 0 N–H and O–H groups in total. The van der Waals surface area contributed by atoms with Gasteiger partial charge in [-0.25, -0.2) is 0 Å². The second-order valence-electron chi connectivity index (χ2n) is 4.78. The summed E-state index contributed by atoms with van der Waals surface area (Å²) in [4.78, 5) is 17.0. The zero-order chi connectivity index (χ0) is 13.8. The lowest BCUT2D eigenvalue weighted by Crippen LogP contribution is -2.47. The molecule has 1 saturated heterocycles. The molecule has 0 unspecified atom stereocenters. The van der Waals surface area contributed by atoms with Gasteiger partial charge in [0.25, 0.3) is 0 Å². The number of carbonyl (C=O) groups excluding carboxylic acids is 1. The lowest BCUT2D eigenvalue weighted by Gasteiger charge is -2.34. The van der Waals surface area contributed by atoms with Crippen LogP contribution in [0.3, 0.4) is 0 Å². The molecule has 0 atom stereocenters. The molecule has 1 fully saturated rings. The molecule has 0 saturated carbocycles. The number of rotatable bonds is 5. The molecule has 0 aromatic carbocycles. The first kappa shape index (κ1) is 15.6. The van der Waals surface area contributed by atoms with Gasteiger partial charge in [0.15, 0.2) is 5.78 Å². The van der Waals surface area contributed by atoms with E-state index in [-0.39, 0.29) is 5.78 Å². The van der Waals surface area contributed by atoms with Gasteiger partial charge in [0.1, 0.15) is 0 Å². The van der Waals surface area contributed by atoms with E-state index in [2.05, 4.69) is 48.6 Å². The Balaban J connectivity index is 1.85. The summed E-state index contributed by atoms with van der Waals surface area (Å²) in [5, 5.41) is 0. The lowest BCUT2D eigenvalue weighted by atomic mass is 10.2. The van der Waals surface area contributed by atoms with E-state index in [1.807, 2.05) is 6.07 Å². The van der Waals surface area contributed by atoms with Crippen molar-refractivity contribution in [3.05, 3.63) is 19.2 Å². The Hall–Kier alpha value is 0.250. The predicted molar refractivity (Wildman–Crippen MR) is 87.2 cm³/mol. The second-order valence-corrected chi connectivity index (χ2v) is 8.53. The van der Waals surface area contributed by atoms with Crippen LogP contribution in [-0.4, -0.2) is 54.9 Å². The van der Waals surface area contributed by atoms with E-state index < -0.39 is 0 Å². The summed E-state index contributed by atoms with van der Waals surface area (Å²) < 4.78 is 1.92. The monoisotopic (exact) mass is 408 g/mol. The molecule has 1 aliphatic heterocycles. The Labute approximate surface area is 135 Å². The second kappa shape index (κ2) is 7.31. The van der Waals surface area contributed by atoms with Crippen LogP contribution >= 0.6 is 43.2 Å². The average Bonchev–Trinajstić information content (AvgIpc) is 2.71. The molecule has 0 aliphatic carbocycles. The third kappa shape index (κ3) is 4.36. The summed E-state index contributed by atoms with van der Waals surface area (Å²) in [5.74, 6) is 0.206. The van der Waals surface area contributed by atoms with E-state index in [0.717, 1.165) is 39.3 Å². The van der Waals surface area contributed by atoms with Gasteiger partial charge < -0.3 is 4.90 Å². The van der Waals surface area contributed by atoms with E-state index in [9.17, 15) is 4.79 Å². The van der Waals surface area contributed by atoms with E-state index in [1.165, 1.54) is 13.0 Å². The van der Waals surface area contributed by atoms with Gasteiger partial charge in [0.05, 0.1) is 14.1 Å². The van der Waals surface area contributed by atoms with Crippen molar-refractivity contribution in [1.29, 1.82) is 0 Å². The summed E-state index contributed by atoms with van der Waals surface area (Å²) in [6.45, 7) is 8.06. The molecule has 3 nitrogen and oxygen atoms in total. The number of ketones is 1. The Morgan fingerprint density at radius 1 is 1.26 bits per heavy atom. The Kier molecular flexibility index (Phi) is 6.02. The first-order valence-corrected chi connectivity index (χ1v) is 8.93. The van der Waals surface area contributed by atoms with Gasteiger partial charge in [0.2, 0.25) is 0 Å². The van der Waals surface area contributed by atoms with Crippen molar-refractivity contribution in [2.75, 3.05) is 39.3 Å². The topological polar surface area (TPSA) is 23.6 Å². The Morgan fingerprint density at radius 2 is 1.89 bits per heavy atom. The van der Waals surface area contributed by atoms with Crippen LogP contribution in [0.4, 0.5) is 0 Å². The number of halogens is 2. The molecule has 1 aliphatic rings. The van der Waals surface area contributed by atoms with Crippen LogP contribution in [0.25, 0.3) is 0 Å². The van der Waals surface area contributed by atoms with Crippen LogP contribution in [0.15, 0.2) is 13.6 Å². The van der Waals surface area contributed by atoms with Crippen molar-refractivity contribution in [3.8, 4) is 0 Å². The fourth-order valence-corrected chi connectivity index (χ4v) is 5.16. The number of thiophene rings is 1. The fourth-order valence-electron chi connectivity index (χ4n) is 2.31. The third-order valence-electron chi connectivity index (χ3n) is 3.33. The van der Waals surface area contributed by atoms with Crippen molar-refractivity contribution in [3.63, 3.8) is 0 Å². The van der Waals surface area contributed by atoms with Crippen LogP contribution in [0.5, 0.6) is 0 Å². The third-order valence-corrected chi connectivity index (χ3v) is 5.67. The number of carbonyl (C=O) groups is 1. The zero-order valence-corrected chi connectivity index (χ0v) is 15.0. The quantitative estimate of drug-likeness (QED) is 0.695. The minimum atomic E-state index is 0.206. The molecule has 0 bridgehead atoms. The van der Waals surface area contributed by atoms with Crippen molar-refractivity contribution in [1.82, 2.24) is 9.80 Å². The molecule has 106 valence electrons. The molecule has 2 heterocycles. The van der Waals surface area contributed by atoms with E-state index in [0.29, 0.717) is 6.54 Å². The highest BCUT2D eigenvalue weighted by molar-refractivity contribution is 9.12. The molecule has 1 aromatic heterocycles. The van der Waals surface area contributed by atoms with Crippen LogP contribution in [0.1, 0.15) is 23.7 Å². The van der Waals surface area contributed by atoms with Crippen LogP contribution in [0, 0.1) is 0 Å². The molecule has 0 spiro atoms. The smallest absolute Gasteiger partial charge is 0.178 e. The van der Waals surface area contributed by atoms with Gasteiger partial charge in [-0.05, 0) is 50.9 Å². The molecule has 2 rings (SSSR count). The van der Waals surface area contributed by atoms with Crippen molar-refractivity contribution in [2.45, 2.75) is 13.3 Å². The largest absolute Gasteiger partial charge is 0.301 e. The maximum absolute atomic E-state index is 12.3. The molecule has 0 radical (unpaired) electrons. The van der Waals surface area contributed by atoms with Crippen molar-refractivity contribution in [2.24, 2.45) is 0 Å². The number of hydrogen-bond acceptors (Lipinski definition) is 4. The molecule has 6 heteroatoms. The molecule has 1 aromatic rings. The number of nitrogens with zero attached hydrogens (tertiary/aromatic N) is 2. The van der Waals surface area contributed by atoms with Gasteiger partial charge in [-0.2, -0.15) is 0 Å². The summed E-state index contributed by atoms with van der Waals surface area (Å²) in [7, 11) is 0. The number of Topliss-reactive ketones (excluding diaryl/α,β-unsaturated/α-hetero) is 1. The van der Waals surface area contributed by atoms with Crippen molar-refractivity contribution >= 4 is 49.0 Å². The number of piperazine rings is 1. The summed E-state index contributed by atoms with van der Waals surface area (Å²) in [6.07, 6.45) is 1.20. The SMILES string of the molecule is CCCN1CCN(CC(=O)c2cc(Br)sc2Br)CC1.